The largest absolute Gasteiger partial charge is 0.357 e. The SMILES string of the molecule is CNC(=O)[C@H](C)N(Cc1c(Cl)cccc1Cl)C(=O)CSCc1cccc(Cl)c1. The summed E-state index contributed by atoms with van der Waals surface area (Å²) in [6.07, 6.45) is 0. The molecule has 8 heteroatoms. The van der Waals surface area contributed by atoms with Crippen LogP contribution in [0.15, 0.2) is 42.5 Å². The lowest BCUT2D eigenvalue weighted by atomic mass is 10.1. The van der Waals surface area contributed by atoms with E-state index in [4.69, 9.17) is 34.8 Å². The van der Waals surface area contributed by atoms with Gasteiger partial charge in [0.25, 0.3) is 0 Å². The third-order valence-corrected chi connectivity index (χ3v) is 6.12. The molecule has 1 N–H and O–H groups in total. The van der Waals surface area contributed by atoms with E-state index in [1.165, 1.54) is 23.7 Å². The third kappa shape index (κ3) is 6.31. The summed E-state index contributed by atoms with van der Waals surface area (Å²) in [5.74, 6) is 0.438. The summed E-state index contributed by atoms with van der Waals surface area (Å²) < 4.78 is 0. The number of likely N-dealkylation sites (N-methyl/N-ethyl adjacent to an activating group) is 1. The summed E-state index contributed by atoms with van der Waals surface area (Å²) in [6.45, 7) is 1.84. The monoisotopic (exact) mass is 458 g/mol. The van der Waals surface area contributed by atoms with Crippen LogP contribution < -0.4 is 5.32 Å². The average Bonchev–Trinajstić information content (AvgIpc) is 2.66. The van der Waals surface area contributed by atoms with Crippen molar-refractivity contribution in [2.75, 3.05) is 12.8 Å². The number of carbonyl (C=O) groups is 2. The molecule has 0 saturated heterocycles. The number of nitrogens with zero attached hydrogens (tertiary/aromatic N) is 1. The van der Waals surface area contributed by atoms with Gasteiger partial charge >= 0.3 is 0 Å². The molecule has 0 aliphatic carbocycles. The van der Waals surface area contributed by atoms with Crippen molar-refractivity contribution in [1.82, 2.24) is 10.2 Å². The summed E-state index contributed by atoms with van der Waals surface area (Å²) >= 11 is 20.0. The Morgan fingerprint density at radius 3 is 2.36 bits per heavy atom. The zero-order chi connectivity index (χ0) is 20.7. The van der Waals surface area contributed by atoms with E-state index >= 15 is 0 Å². The van der Waals surface area contributed by atoms with Gasteiger partial charge in [0.2, 0.25) is 11.8 Å². The molecule has 2 amide bonds. The van der Waals surface area contributed by atoms with Crippen LogP contribution in [0.5, 0.6) is 0 Å². The summed E-state index contributed by atoms with van der Waals surface area (Å²) in [7, 11) is 1.54. The van der Waals surface area contributed by atoms with Gasteiger partial charge in [0.15, 0.2) is 0 Å². The molecule has 0 bridgehead atoms. The minimum absolute atomic E-state index is 0.156. The lowest BCUT2D eigenvalue weighted by Gasteiger charge is -2.29. The topological polar surface area (TPSA) is 49.4 Å². The number of hydrogen-bond acceptors (Lipinski definition) is 3. The van der Waals surface area contributed by atoms with E-state index in [1.807, 2.05) is 18.2 Å². The molecular weight excluding hydrogens is 439 g/mol. The number of halogens is 3. The Bertz CT molecular complexity index is 828. The van der Waals surface area contributed by atoms with Crippen molar-refractivity contribution in [2.24, 2.45) is 0 Å². The predicted molar refractivity (Wildman–Crippen MR) is 118 cm³/mol. The van der Waals surface area contributed by atoms with Gasteiger partial charge < -0.3 is 10.2 Å². The van der Waals surface area contributed by atoms with Gasteiger partial charge in [-0.05, 0) is 36.8 Å². The van der Waals surface area contributed by atoms with E-state index in [-0.39, 0.29) is 24.1 Å². The van der Waals surface area contributed by atoms with Crippen molar-refractivity contribution in [3.63, 3.8) is 0 Å². The van der Waals surface area contributed by atoms with Gasteiger partial charge in [0.05, 0.1) is 5.75 Å². The molecule has 4 nitrogen and oxygen atoms in total. The number of amides is 2. The van der Waals surface area contributed by atoms with Crippen LogP contribution in [0.4, 0.5) is 0 Å². The minimum Gasteiger partial charge on any atom is -0.357 e. The molecule has 0 aliphatic rings. The predicted octanol–water partition coefficient (Wildman–Crippen LogP) is 5.04. The highest BCUT2D eigenvalue weighted by Crippen LogP contribution is 2.27. The molecule has 2 aromatic carbocycles. The van der Waals surface area contributed by atoms with Gasteiger partial charge in [-0.1, -0.05) is 53.0 Å². The van der Waals surface area contributed by atoms with Crippen LogP contribution in [0.2, 0.25) is 15.1 Å². The molecule has 0 unspecified atom stereocenters. The van der Waals surface area contributed by atoms with Crippen molar-refractivity contribution >= 4 is 58.4 Å². The highest BCUT2D eigenvalue weighted by molar-refractivity contribution is 7.99. The van der Waals surface area contributed by atoms with E-state index in [0.29, 0.717) is 26.4 Å². The number of hydrogen-bond donors (Lipinski definition) is 1. The van der Waals surface area contributed by atoms with Crippen LogP contribution in [0.25, 0.3) is 0 Å². The molecule has 0 saturated carbocycles. The second-order valence-corrected chi connectivity index (χ2v) is 8.37. The van der Waals surface area contributed by atoms with Crippen molar-refractivity contribution in [3.05, 3.63) is 68.7 Å². The van der Waals surface area contributed by atoms with Crippen LogP contribution in [-0.2, 0) is 21.9 Å². The fourth-order valence-electron chi connectivity index (χ4n) is 2.61. The molecule has 1 atom stereocenters. The fraction of sp³-hybridized carbons (Fsp3) is 0.300. The van der Waals surface area contributed by atoms with Crippen LogP contribution in [0.3, 0.4) is 0 Å². The molecule has 0 radical (unpaired) electrons. The standard InChI is InChI=1S/C20H21Cl3N2O2S/c1-13(20(27)24-2)25(10-16-17(22)7-4-8-18(16)23)19(26)12-28-11-14-5-3-6-15(21)9-14/h3-9,13H,10-12H2,1-2H3,(H,24,27)/t13-/m0/s1. The maximum atomic E-state index is 12.9. The zero-order valence-electron chi connectivity index (χ0n) is 15.5. The first-order chi connectivity index (χ1) is 13.3. The van der Waals surface area contributed by atoms with Crippen LogP contribution in [-0.4, -0.2) is 35.6 Å². The second-order valence-electron chi connectivity index (χ2n) is 6.13. The number of thioether (sulfide) groups is 1. The lowest BCUT2D eigenvalue weighted by Crippen LogP contribution is -2.47. The first-order valence-corrected chi connectivity index (χ1v) is 10.9. The van der Waals surface area contributed by atoms with E-state index in [0.717, 1.165) is 5.56 Å². The number of rotatable bonds is 8. The van der Waals surface area contributed by atoms with Gasteiger partial charge in [0.1, 0.15) is 6.04 Å². The average molecular weight is 460 g/mol. The van der Waals surface area contributed by atoms with Crippen LogP contribution in [0.1, 0.15) is 18.1 Å². The number of nitrogens with one attached hydrogen (secondary N) is 1. The van der Waals surface area contributed by atoms with Gasteiger partial charge in [-0.25, -0.2) is 0 Å². The van der Waals surface area contributed by atoms with Gasteiger partial charge in [-0.3, -0.25) is 9.59 Å². The van der Waals surface area contributed by atoms with E-state index in [2.05, 4.69) is 5.32 Å². The molecular formula is C20H21Cl3N2O2S. The Labute approximate surface area is 184 Å². The fourth-order valence-corrected chi connectivity index (χ4v) is 4.20. The van der Waals surface area contributed by atoms with Crippen molar-refractivity contribution in [3.8, 4) is 0 Å². The molecule has 0 fully saturated rings. The van der Waals surface area contributed by atoms with Crippen molar-refractivity contribution in [2.45, 2.75) is 25.3 Å². The van der Waals surface area contributed by atoms with Crippen molar-refractivity contribution in [1.29, 1.82) is 0 Å². The van der Waals surface area contributed by atoms with E-state index in [9.17, 15) is 9.59 Å². The Morgan fingerprint density at radius 1 is 1.11 bits per heavy atom. The van der Waals surface area contributed by atoms with Gasteiger partial charge in [-0.15, -0.1) is 11.8 Å². The highest BCUT2D eigenvalue weighted by atomic mass is 35.5. The van der Waals surface area contributed by atoms with Crippen LogP contribution in [0, 0.1) is 0 Å². The molecule has 2 aromatic rings. The zero-order valence-corrected chi connectivity index (χ0v) is 18.6. The molecule has 150 valence electrons. The Morgan fingerprint density at radius 2 is 1.75 bits per heavy atom. The Balaban J connectivity index is 2.11. The molecule has 0 aromatic heterocycles. The quantitative estimate of drug-likeness (QED) is 0.601. The van der Waals surface area contributed by atoms with E-state index in [1.54, 1.807) is 31.2 Å². The van der Waals surface area contributed by atoms with E-state index < -0.39 is 6.04 Å². The summed E-state index contributed by atoms with van der Waals surface area (Å²) in [6, 6.07) is 12.0. The third-order valence-electron chi connectivity index (χ3n) is 4.19. The summed E-state index contributed by atoms with van der Waals surface area (Å²) in [5, 5.41) is 4.16. The number of benzene rings is 2. The molecule has 0 spiro atoms. The summed E-state index contributed by atoms with van der Waals surface area (Å²) in [5.41, 5.74) is 1.65. The smallest absolute Gasteiger partial charge is 0.242 e. The second kappa shape index (κ2) is 11.0. The van der Waals surface area contributed by atoms with Crippen LogP contribution >= 0.6 is 46.6 Å². The molecule has 0 heterocycles. The maximum absolute atomic E-state index is 12.9. The Hall–Kier alpha value is -1.40. The number of carbonyl (C=O) groups excluding carboxylic acids is 2. The van der Waals surface area contributed by atoms with Gasteiger partial charge in [0, 0.05) is 40.0 Å². The lowest BCUT2D eigenvalue weighted by molar-refractivity contribution is -0.138. The Kier molecular flexibility index (Phi) is 8.96. The van der Waals surface area contributed by atoms with Gasteiger partial charge in [-0.2, -0.15) is 0 Å². The first-order valence-electron chi connectivity index (χ1n) is 8.59. The molecule has 28 heavy (non-hydrogen) atoms. The summed E-state index contributed by atoms with van der Waals surface area (Å²) in [4.78, 5) is 26.6. The molecule has 2 rings (SSSR count). The maximum Gasteiger partial charge on any atom is 0.242 e. The van der Waals surface area contributed by atoms with Crippen molar-refractivity contribution < 1.29 is 9.59 Å². The molecule has 0 aliphatic heterocycles. The first kappa shape index (κ1) is 22.9. The normalized spacial score (nSPS) is 11.8. The minimum atomic E-state index is -0.656. The highest BCUT2D eigenvalue weighted by Gasteiger charge is 2.26.